The third-order valence-corrected chi connectivity index (χ3v) is 4.39. The van der Waals surface area contributed by atoms with Gasteiger partial charge in [-0.05, 0) is 44.7 Å². The van der Waals surface area contributed by atoms with Crippen molar-refractivity contribution in [1.29, 1.82) is 0 Å². The predicted molar refractivity (Wildman–Crippen MR) is 79.4 cm³/mol. The van der Waals surface area contributed by atoms with Gasteiger partial charge >= 0.3 is 0 Å². The van der Waals surface area contributed by atoms with E-state index in [4.69, 9.17) is 0 Å². The summed E-state index contributed by atoms with van der Waals surface area (Å²) in [6.45, 7) is 4.33. The second-order valence-electron chi connectivity index (χ2n) is 5.69. The molecule has 1 aliphatic rings. The van der Waals surface area contributed by atoms with E-state index in [1.54, 1.807) is 0 Å². The van der Waals surface area contributed by atoms with Crippen molar-refractivity contribution in [2.45, 2.75) is 45.2 Å². The zero-order valence-corrected chi connectivity index (χ0v) is 12.4. The number of fused-ring (bicyclic) bond motifs is 1. The van der Waals surface area contributed by atoms with Gasteiger partial charge in [-0.3, -0.25) is 9.67 Å². The molecule has 0 aromatic carbocycles. The zero-order valence-electron chi connectivity index (χ0n) is 12.4. The van der Waals surface area contributed by atoms with E-state index in [1.165, 1.54) is 28.9 Å². The van der Waals surface area contributed by atoms with Crippen LogP contribution in [0.2, 0.25) is 0 Å². The number of pyridine rings is 1. The van der Waals surface area contributed by atoms with E-state index in [1.807, 2.05) is 30.2 Å². The number of hydrogen-bond acceptors (Lipinski definition) is 3. The Morgan fingerprint density at radius 3 is 3.05 bits per heavy atom. The largest absolute Gasteiger partial charge is 0.302 e. The number of nitrogens with zero attached hydrogens (tertiary/aromatic N) is 3. The number of aromatic nitrogens is 3. The smallest absolute Gasteiger partial charge is 0.0605 e. The van der Waals surface area contributed by atoms with E-state index >= 15 is 0 Å². The minimum atomic E-state index is 0.293. The molecule has 2 heterocycles. The van der Waals surface area contributed by atoms with Crippen LogP contribution in [0.5, 0.6) is 0 Å². The SMILES string of the molecule is Cc1c(C(C)NC2CCCc3cccnc32)cnn1C. The summed E-state index contributed by atoms with van der Waals surface area (Å²) in [5.41, 5.74) is 5.12. The molecule has 1 N–H and O–H groups in total. The topological polar surface area (TPSA) is 42.7 Å². The number of aryl methyl sites for hydroxylation is 2. The van der Waals surface area contributed by atoms with Crippen LogP contribution in [0.3, 0.4) is 0 Å². The fourth-order valence-corrected chi connectivity index (χ4v) is 3.10. The maximum Gasteiger partial charge on any atom is 0.0605 e. The lowest BCUT2D eigenvalue weighted by Gasteiger charge is -2.28. The lowest BCUT2D eigenvalue weighted by molar-refractivity contribution is 0.405. The molecule has 2 unspecified atom stereocenters. The fourth-order valence-electron chi connectivity index (χ4n) is 3.10. The Balaban J connectivity index is 1.80. The highest BCUT2D eigenvalue weighted by atomic mass is 15.3. The summed E-state index contributed by atoms with van der Waals surface area (Å²) in [6, 6.07) is 4.89. The van der Waals surface area contributed by atoms with Crippen molar-refractivity contribution in [3.8, 4) is 0 Å². The van der Waals surface area contributed by atoms with Gasteiger partial charge in [0.15, 0.2) is 0 Å². The highest BCUT2D eigenvalue weighted by Gasteiger charge is 2.23. The standard InChI is InChI=1S/C16H22N4/c1-11(14-10-18-20(3)12(14)2)19-15-8-4-6-13-7-5-9-17-16(13)15/h5,7,9-11,15,19H,4,6,8H2,1-3H3. The van der Waals surface area contributed by atoms with E-state index in [9.17, 15) is 0 Å². The molecule has 1 aliphatic carbocycles. The van der Waals surface area contributed by atoms with Gasteiger partial charge < -0.3 is 5.32 Å². The van der Waals surface area contributed by atoms with Gasteiger partial charge in [-0.15, -0.1) is 0 Å². The fraction of sp³-hybridized carbons (Fsp3) is 0.500. The van der Waals surface area contributed by atoms with Crippen molar-refractivity contribution >= 4 is 0 Å². The molecule has 0 fully saturated rings. The Kier molecular flexibility index (Phi) is 3.57. The molecule has 2 atom stereocenters. The van der Waals surface area contributed by atoms with E-state index < -0.39 is 0 Å². The Bertz CT molecular complexity index is 602. The van der Waals surface area contributed by atoms with Crippen molar-refractivity contribution in [2.75, 3.05) is 0 Å². The first kappa shape index (κ1) is 13.3. The highest BCUT2D eigenvalue weighted by molar-refractivity contribution is 5.27. The molecule has 3 rings (SSSR count). The Hall–Kier alpha value is -1.68. The van der Waals surface area contributed by atoms with Crippen molar-refractivity contribution in [2.24, 2.45) is 7.05 Å². The summed E-state index contributed by atoms with van der Waals surface area (Å²) in [5.74, 6) is 0. The second kappa shape index (κ2) is 5.37. The van der Waals surface area contributed by atoms with E-state index in [0.29, 0.717) is 12.1 Å². The van der Waals surface area contributed by atoms with Gasteiger partial charge in [0.1, 0.15) is 0 Å². The van der Waals surface area contributed by atoms with E-state index in [-0.39, 0.29) is 0 Å². The van der Waals surface area contributed by atoms with E-state index in [0.717, 1.165) is 12.8 Å². The molecule has 4 heteroatoms. The first-order valence-corrected chi connectivity index (χ1v) is 7.35. The molecular formula is C16H22N4. The molecule has 2 aromatic rings. The molecule has 0 saturated heterocycles. The van der Waals surface area contributed by atoms with Crippen molar-refractivity contribution < 1.29 is 0 Å². The van der Waals surface area contributed by atoms with Crippen LogP contribution >= 0.6 is 0 Å². The molecule has 106 valence electrons. The summed E-state index contributed by atoms with van der Waals surface area (Å²) in [6.07, 6.45) is 7.42. The summed E-state index contributed by atoms with van der Waals surface area (Å²) in [5, 5.41) is 8.07. The molecular weight excluding hydrogens is 248 g/mol. The van der Waals surface area contributed by atoms with Crippen LogP contribution in [0.4, 0.5) is 0 Å². The van der Waals surface area contributed by atoms with E-state index in [2.05, 4.69) is 35.3 Å². The average Bonchev–Trinajstić information content (AvgIpc) is 2.79. The Morgan fingerprint density at radius 2 is 2.30 bits per heavy atom. The van der Waals surface area contributed by atoms with Gasteiger partial charge in [0.05, 0.1) is 17.9 Å². The molecule has 4 nitrogen and oxygen atoms in total. The lowest BCUT2D eigenvalue weighted by atomic mass is 9.91. The minimum absolute atomic E-state index is 0.293. The molecule has 0 amide bonds. The van der Waals surface area contributed by atoms with Gasteiger partial charge in [0.2, 0.25) is 0 Å². The van der Waals surface area contributed by atoms with Crippen LogP contribution < -0.4 is 5.32 Å². The predicted octanol–water partition coefficient (Wildman–Crippen LogP) is 2.85. The van der Waals surface area contributed by atoms with Crippen LogP contribution in [0, 0.1) is 6.92 Å². The third-order valence-electron chi connectivity index (χ3n) is 4.39. The summed E-state index contributed by atoms with van der Waals surface area (Å²) >= 11 is 0. The van der Waals surface area contributed by atoms with Gasteiger partial charge in [-0.1, -0.05) is 6.07 Å². The number of hydrogen-bond donors (Lipinski definition) is 1. The first-order valence-electron chi connectivity index (χ1n) is 7.35. The maximum absolute atomic E-state index is 4.59. The van der Waals surface area contributed by atoms with Crippen LogP contribution in [0.1, 0.15) is 54.4 Å². The van der Waals surface area contributed by atoms with Crippen molar-refractivity contribution in [3.63, 3.8) is 0 Å². The van der Waals surface area contributed by atoms with Gasteiger partial charge in [-0.25, -0.2) is 0 Å². The minimum Gasteiger partial charge on any atom is -0.302 e. The summed E-state index contributed by atoms with van der Waals surface area (Å²) in [7, 11) is 1.99. The van der Waals surface area contributed by atoms with Crippen LogP contribution in [-0.4, -0.2) is 14.8 Å². The number of rotatable bonds is 3. The highest BCUT2D eigenvalue weighted by Crippen LogP contribution is 2.30. The van der Waals surface area contributed by atoms with Crippen molar-refractivity contribution in [3.05, 3.63) is 47.0 Å². The van der Waals surface area contributed by atoms with Crippen LogP contribution in [0.25, 0.3) is 0 Å². The van der Waals surface area contributed by atoms with Crippen LogP contribution in [-0.2, 0) is 13.5 Å². The zero-order chi connectivity index (χ0) is 14.1. The first-order chi connectivity index (χ1) is 9.66. The lowest BCUT2D eigenvalue weighted by Crippen LogP contribution is -2.28. The summed E-state index contributed by atoms with van der Waals surface area (Å²) < 4.78 is 1.93. The quantitative estimate of drug-likeness (QED) is 0.932. The van der Waals surface area contributed by atoms with Gasteiger partial charge in [-0.2, -0.15) is 5.10 Å². The number of nitrogens with one attached hydrogen (secondary N) is 1. The molecule has 0 saturated carbocycles. The molecule has 20 heavy (non-hydrogen) atoms. The second-order valence-corrected chi connectivity index (χ2v) is 5.69. The third kappa shape index (κ3) is 2.36. The summed E-state index contributed by atoms with van der Waals surface area (Å²) in [4.78, 5) is 4.59. The Morgan fingerprint density at radius 1 is 1.45 bits per heavy atom. The average molecular weight is 270 g/mol. The molecule has 2 aromatic heterocycles. The van der Waals surface area contributed by atoms with Crippen LogP contribution in [0.15, 0.2) is 24.5 Å². The Labute approximate surface area is 120 Å². The molecule has 0 bridgehead atoms. The maximum atomic E-state index is 4.59. The molecule has 0 aliphatic heterocycles. The normalized spacial score (nSPS) is 19.6. The van der Waals surface area contributed by atoms with Crippen molar-refractivity contribution in [1.82, 2.24) is 20.1 Å². The van der Waals surface area contributed by atoms with Gasteiger partial charge in [0.25, 0.3) is 0 Å². The monoisotopic (exact) mass is 270 g/mol. The molecule has 0 spiro atoms. The molecule has 0 radical (unpaired) electrons. The van der Waals surface area contributed by atoms with Gasteiger partial charge in [0, 0.05) is 30.5 Å².